The molecule has 0 aliphatic carbocycles. The van der Waals surface area contributed by atoms with Gasteiger partial charge in [0.05, 0.1) is 29.8 Å². The van der Waals surface area contributed by atoms with E-state index in [1.807, 2.05) is 6.19 Å². The minimum atomic E-state index is -4.43. The minimum Gasteiger partial charge on any atom is -0.355 e. The molecule has 0 spiro atoms. The highest BCUT2D eigenvalue weighted by Crippen LogP contribution is 2.30. The van der Waals surface area contributed by atoms with Crippen molar-refractivity contribution in [2.45, 2.75) is 19.0 Å². The summed E-state index contributed by atoms with van der Waals surface area (Å²) in [5, 5.41) is 25.7. The van der Waals surface area contributed by atoms with Crippen LogP contribution in [-0.2, 0) is 15.8 Å². The topological polar surface area (TPSA) is 177 Å². The summed E-state index contributed by atoms with van der Waals surface area (Å²) < 4.78 is 41.5. The van der Waals surface area contributed by atoms with Crippen LogP contribution in [0.1, 0.15) is 28.8 Å². The van der Waals surface area contributed by atoms with Crippen LogP contribution in [0.15, 0.2) is 73.6 Å². The second-order valence-electron chi connectivity index (χ2n) is 11.5. The van der Waals surface area contributed by atoms with E-state index < -0.39 is 11.7 Å². The van der Waals surface area contributed by atoms with Crippen molar-refractivity contribution >= 4 is 29.4 Å². The van der Waals surface area contributed by atoms with Crippen molar-refractivity contribution in [1.82, 2.24) is 34.2 Å². The molecule has 50 heavy (non-hydrogen) atoms. The average molecular weight is 688 g/mol. The van der Waals surface area contributed by atoms with Crippen molar-refractivity contribution in [3.63, 3.8) is 0 Å². The summed E-state index contributed by atoms with van der Waals surface area (Å²) in [4.78, 5) is 47.2. The number of halogens is 3. The summed E-state index contributed by atoms with van der Waals surface area (Å²) in [7, 11) is 1.58. The van der Waals surface area contributed by atoms with Crippen molar-refractivity contribution in [2.24, 2.45) is 11.8 Å². The molecule has 17 heteroatoms. The van der Waals surface area contributed by atoms with Crippen LogP contribution in [0.2, 0.25) is 0 Å². The van der Waals surface area contributed by atoms with Gasteiger partial charge in [0, 0.05) is 50.2 Å². The van der Waals surface area contributed by atoms with Gasteiger partial charge in [0.25, 0.3) is 5.91 Å². The van der Waals surface area contributed by atoms with Crippen LogP contribution in [0.5, 0.6) is 0 Å². The Bertz CT molecular complexity index is 1920. The number of hydrogen-bond donors (Lipinski definition) is 3. The number of nitrogens with zero attached hydrogens (tertiary/aromatic N) is 8. The third-order valence-corrected chi connectivity index (χ3v) is 8.19. The van der Waals surface area contributed by atoms with E-state index in [0.29, 0.717) is 56.1 Å². The van der Waals surface area contributed by atoms with Crippen molar-refractivity contribution in [3.8, 4) is 23.8 Å². The predicted molar refractivity (Wildman–Crippen MR) is 173 cm³/mol. The Balaban J connectivity index is 0.000000194. The highest BCUT2D eigenvalue weighted by atomic mass is 19.4. The van der Waals surface area contributed by atoms with Gasteiger partial charge in [0.1, 0.15) is 12.7 Å². The maximum atomic E-state index is 12.8. The van der Waals surface area contributed by atoms with Gasteiger partial charge in [-0.05, 0) is 55.3 Å². The number of likely N-dealkylation sites (tertiary alicyclic amines) is 2. The molecule has 0 saturated carbocycles. The molecule has 2 aliphatic rings. The Morgan fingerprint density at radius 3 is 1.78 bits per heavy atom. The number of benzene rings is 2. The fourth-order valence-corrected chi connectivity index (χ4v) is 5.42. The highest BCUT2D eigenvalue weighted by molar-refractivity contribution is 5.94. The van der Waals surface area contributed by atoms with Gasteiger partial charge >= 0.3 is 6.18 Å². The number of rotatable bonds is 7. The lowest BCUT2D eigenvalue weighted by molar-refractivity contribution is -0.137. The molecule has 0 radical (unpaired) electrons. The number of carbonyl (C=O) groups is 3. The lowest BCUT2D eigenvalue weighted by Crippen LogP contribution is -2.25. The van der Waals surface area contributed by atoms with Gasteiger partial charge in [-0.25, -0.2) is 9.97 Å². The van der Waals surface area contributed by atoms with Crippen LogP contribution in [0.4, 0.5) is 24.8 Å². The molecule has 3 N–H and O–H groups in total. The zero-order valence-corrected chi connectivity index (χ0v) is 26.8. The summed E-state index contributed by atoms with van der Waals surface area (Å²) in [5.74, 6) is -0.332. The third kappa shape index (κ3) is 8.56. The zero-order chi connectivity index (χ0) is 35.8. The van der Waals surface area contributed by atoms with E-state index in [9.17, 15) is 27.6 Å². The Morgan fingerprint density at radius 1 is 0.800 bits per heavy atom. The summed E-state index contributed by atoms with van der Waals surface area (Å²) in [5.41, 5.74) is 0.937. The third-order valence-electron chi connectivity index (χ3n) is 8.19. The molecular weight excluding hydrogens is 655 g/mol. The molecule has 2 aromatic heterocycles. The second-order valence-corrected chi connectivity index (χ2v) is 11.5. The molecule has 0 bridgehead atoms. The second kappa shape index (κ2) is 15.2. The minimum absolute atomic E-state index is 0.127. The molecule has 258 valence electrons. The quantitative estimate of drug-likeness (QED) is 0.245. The fraction of sp³-hybridized carbons (Fsp3) is 0.303. The Morgan fingerprint density at radius 2 is 1.32 bits per heavy atom. The van der Waals surface area contributed by atoms with Crippen molar-refractivity contribution in [3.05, 3.63) is 84.7 Å². The van der Waals surface area contributed by atoms with Gasteiger partial charge in [-0.3, -0.25) is 14.4 Å². The Kier molecular flexibility index (Phi) is 10.7. The van der Waals surface area contributed by atoms with Crippen LogP contribution in [0, 0.1) is 34.7 Å². The molecule has 0 unspecified atom stereocenters. The van der Waals surface area contributed by atoms with Gasteiger partial charge in [0.15, 0.2) is 24.0 Å². The number of hydrogen-bond acceptors (Lipinski definition) is 9. The number of nitriles is 2. The summed E-state index contributed by atoms with van der Waals surface area (Å²) in [6, 6.07) is 11.9. The highest BCUT2D eigenvalue weighted by Gasteiger charge is 2.31. The van der Waals surface area contributed by atoms with E-state index >= 15 is 0 Å². The van der Waals surface area contributed by atoms with Crippen LogP contribution >= 0.6 is 0 Å². The van der Waals surface area contributed by atoms with Crippen molar-refractivity contribution in [1.29, 1.82) is 10.5 Å². The van der Waals surface area contributed by atoms with E-state index in [4.69, 9.17) is 10.5 Å². The van der Waals surface area contributed by atoms with E-state index in [2.05, 4.69) is 32.1 Å². The smallest absolute Gasteiger partial charge is 0.355 e. The molecule has 2 aliphatic heterocycles. The normalized spacial score (nSPS) is 16.8. The Labute approximate surface area is 284 Å². The molecule has 2 saturated heterocycles. The van der Waals surface area contributed by atoms with Gasteiger partial charge < -0.3 is 34.9 Å². The number of anilines is 2. The Hall–Kier alpha value is -6.36. The first-order chi connectivity index (χ1) is 24.0. The zero-order valence-electron chi connectivity index (χ0n) is 26.8. The fourth-order valence-electron chi connectivity index (χ4n) is 5.42. The van der Waals surface area contributed by atoms with Crippen molar-refractivity contribution in [2.75, 3.05) is 43.9 Å². The van der Waals surface area contributed by atoms with E-state index in [0.717, 1.165) is 17.8 Å². The molecule has 2 aromatic carbocycles. The summed E-state index contributed by atoms with van der Waals surface area (Å²) >= 11 is 0. The van der Waals surface area contributed by atoms with Gasteiger partial charge in [-0.2, -0.15) is 23.7 Å². The van der Waals surface area contributed by atoms with Crippen LogP contribution in [0.3, 0.4) is 0 Å². The number of aromatic nitrogens is 4. The largest absolute Gasteiger partial charge is 0.416 e. The number of imidazole rings is 2. The summed E-state index contributed by atoms with van der Waals surface area (Å²) in [6.07, 6.45) is 6.97. The lowest BCUT2D eigenvalue weighted by Gasteiger charge is -2.09. The first-order valence-electron chi connectivity index (χ1n) is 15.5. The van der Waals surface area contributed by atoms with E-state index in [1.165, 1.54) is 34.1 Å². The molecule has 6 rings (SSSR count). The standard InChI is InChI=1S/C17H18N6O2.C16H14F3N5O/c1-19-16(24)12-2-4-14(5-3-12)23-9-15(20-11-23)21-17(25)13-6-7-22(8-13)10-18;17-16(18,19)12-2-1-3-13(6-12)24-8-14(21-10-24)22-15(25)11-4-5-23(7-11)9-20/h2-5,9,11,13H,6-8H2,1H3,(H,19,24)(H,21,25);1-3,6,8,10-11H,4-5,7H2,(H,22,25)/t13-;11-/m00/s1. The first-order valence-corrected chi connectivity index (χ1v) is 15.5. The van der Waals surface area contributed by atoms with E-state index in [-0.39, 0.29) is 35.4 Å². The maximum absolute atomic E-state index is 12.8. The molecule has 2 atom stereocenters. The first kappa shape index (κ1) is 35.0. The predicted octanol–water partition coefficient (Wildman–Crippen LogP) is 3.61. The number of alkyl halides is 3. The molecule has 14 nitrogen and oxygen atoms in total. The summed E-state index contributed by atoms with van der Waals surface area (Å²) in [6.45, 7) is 1.95. The molecule has 4 heterocycles. The molecular formula is C33H32F3N11O3. The number of amides is 3. The molecule has 3 amide bonds. The number of nitrogens with one attached hydrogen (secondary N) is 3. The average Bonchev–Trinajstić information content (AvgIpc) is 3.95. The maximum Gasteiger partial charge on any atom is 0.416 e. The molecule has 2 fully saturated rings. The molecule has 4 aromatic rings. The SMILES string of the molecule is CNC(=O)c1ccc(-n2cnc(NC(=O)[C@H]3CCN(C#N)C3)c2)cc1.N#CN1CC[C@H](C(=O)Nc2cn(-c3cccc(C(F)(F)F)c3)cn2)C1. The van der Waals surface area contributed by atoms with Gasteiger partial charge in [0.2, 0.25) is 11.8 Å². The van der Waals surface area contributed by atoms with Gasteiger partial charge in [-0.1, -0.05) is 6.07 Å². The van der Waals surface area contributed by atoms with Crippen LogP contribution in [0.25, 0.3) is 11.4 Å². The van der Waals surface area contributed by atoms with E-state index in [1.54, 1.807) is 53.3 Å². The number of carbonyl (C=O) groups excluding carboxylic acids is 3. The van der Waals surface area contributed by atoms with Crippen LogP contribution < -0.4 is 16.0 Å². The van der Waals surface area contributed by atoms with Crippen molar-refractivity contribution < 1.29 is 27.6 Å². The lowest BCUT2D eigenvalue weighted by atomic mass is 10.1. The van der Waals surface area contributed by atoms with Crippen LogP contribution in [-0.4, -0.2) is 79.9 Å². The van der Waals surface area contributed by atoms with Gasteiger partial charge in [-0.15, -0.1) is 0 Å². The monoisotopic (exact) mass is 687 g/mol.